The third-order valence-corrected chi connectivity index (χ3v) is 6.18. The molecule has 1 saturated carbocycles. The average molecular weight is 430 g/mol. The fourth-order valence-corrected chi connectivity index (χ4v) is 4.05. The van der Waals surface area contributed by atoms with E-state index in [-0.39, 0.29) is 23.5 Å². The molecule has 8 heteroatoms. The molecule has 3 rings (SSSR count). The van der Waals surface area contributed by atoms with Gasteiger partial charge in [-0.15, -0.1) is 0 Å². The van der Waals surface area contributed by atoms with E-state index >= 15 is 0 Å². The van der Waals surface area contributed by atoms with Crippen LogP contribution in [-0.2, 0) is 14.8 Å². The van der Waals surface area contributed by atoms with Crippen molar-refractivity contribution >= 4 is 22.1 Å². The van der Waals surface area contributed by atoms with Crippen LogP contribution in [0.5, 0.6) is 5.75 Å². The minimum atomic E-state index is -3.70. The van der Waals surface area contributed by atoms with Crippen molar-refractivity contribution in [3.05, 3.63) is 59.7 Å². The molecule has 1 amide bonds. The molecule has 0 heterocycles. The zero-order valence-electron chi connectivity index (χ0n) is 17.0. The molecule has 2 aromatic rings. The molecule has 0 saturated heterocycles. The number of carbonyl (C=O) groups excluding carboxylic acids is 1. The van der Waals surface area contributed by atoms with Gasteiger partial charge >= 0.3 is 0 Å². The Morgan fingerprint density at radius 1 is 1.07 bits per heavy atom. The summed E-state index contributed by atoms with van der Waals surface area (Å²) in [6.07, 6.45) is 7.05. The summed E-state index contributed by atoms with van der Waals surface area (Å²) in [7, 11) is -3.70. The van der Waals surface area contributed by atoms with Gasteiger partial charge in [-0.1, -0.05) is 37.0 Å². The van der Waals surface area contributed by atoms with Crippen LogP contribution in [0.25, 0.3) is 0 Å². The SMILES string of the molecule is Cc1ccc(S(=O)(=O)NN=Cc2ccc(OCC(=O)NC3CCCCC3)cc2)cc1. The quantitative estimate of drug-likeness (QED) is 0.498. The number of nitrogens with zero attached hydrogens (tertiary/aromatic N) is 1. The molecule has 2 N–H and O–H groups in total. The number of rotatable bonds is 8. The third-order valence-electron chi connectivity index (χ3n) is 4.94. The van der Waals surface area contributed by atoms with Crippen LogP contribution >= 0.6 is 0 Å². The maximum absolute atomic E-state index is 12.2. The molecule has 160 valence electrons. The van der Waals surface area contributed by atoms with E-state index in [4.69, 9.17) is 4.74 Å². The molecular weight excluding hydrogens is 402 g/mol. The summed E-state index contributed by atoms with van der Waals surface area (Å²) in [4.78, 5) is 14.3. The number of sulfonamides is 1. The van der Waals surface area contributed by atoms with Gasteiger partial charge in [-0.05, 0) is 61.7 Å². The first-order valence-corrected chi connectivity index (χ1v) is 11.5. The molecule has 2 aromatic carbocycles. The van der Waals surface area contributed by atoms with Crippen LogP contribution in [0.15, 0.2) is 58.5 Å². The number of benzene rings is 2. The van der Waals surface area contributed by atoms with Crippen molar-refractivity contribution < 1.29 is 17.9 Å². The minimum absolute atomic E-state index is 0.0275. The predicted molar refractivity (Wildman–Crippen MR) is 116 cm³/mol. The lowest BCUT2D eigenvalue weighted by Crippen LogP contribution is -2.38. The van der Waals surface area contributed by atoms with E-state index in [1.165, 1.54) is 24.8 Å². The van der Waals surface area contributed by atoms with Gasteiger partial charge in [0.15, 0.2) is 6.61 Å². The van der Waals surface area contributed by atoms with Crippen LogP contribution in [0.2, 0.25) is 0 Å². The van der Waals surface area contributed by atoms with Gasteiger partial charge in [-0.3, -0.25) is 4.79 Å². The van der Waals surface area contributed by atoms with E-state index in [1.807, 2.05) is 6.92 Å². The summed E-state index contributed by atoms with van der Waals surface area (Å²) in [5, 5.41) is 6.82. The standard InChI is InChI=1S/C22H27N3O4S/c1-17-7-13-21(14-8-17)30(27,28)25-23-15-18-9-11-20(12-10-18)29-16-22(26)24-19-5-3-2-4-6-19/h7-15,19,25H,2-6,16H2,1H3,(H,24,26). The molecule has 7 nitrogen and oxygen atoms in total. The molecule has 0 bridgehead atoms. The van der Waals surface area contributed by atoms with Crippen molar-refractivity contribution in [3.8, 4) is 5.75 Å². The smallest absolute Gasteiger partial charge is 0.276 e. The fraction of sp³-hybridized carbons (Fsp3) is 0.364. The molecule has 0 spiro atoms. The third kappa shape index (κ3) is 6.59. The first kappa shape index (κ1) is 21.8. The molecule has 0 radical (unpaired) electrons. The number of amides is 1. The molecule has 1 fully saturated rings. The van der Waals surface area contributed by atoms with Gasteiger partial charge in [0.2, 0.25) is 0 Å². The summed E-state index contributed by atoms with van der Waals surface area (Å²) in [6, 6.07) is 13.7. The van der Waals surface area contributed by atoms with E-state index < -0.39 is 10.0 Å². The van der Waals surface area contributed by atoms with Crippen molar-refractivity contribution in [2.24, 2.45) is 5.10 Å². The number of ether oxygens (including phenoxy) is 1. The lowest BCUT2D eigenvalue weighted by atomic mass is 9.95. The van der Waals surface area contributed by atoms with E-state index in [9.17, 15) is 13.2 Å². The monoisotopic (exact) mass is 429 g/mol. The largest absolute Gasteiger partial charge is 0.484 e. The number of hydrogen-bond donors (Lipinski definition) is 2. The number of hydrogen-bond acceptors (Lipinski definition) is 5. The molecule has 0 unspecified atom stereocenters. The highest BCUT2D eigenvalue weighted by molar-refractivity contribution is 7.89. The summed E-state index contributed by atoms with van der Waals surface area (Å²) in [6.45, 7) is 1.86. The van der Waals surface area contributed by atoms with Gasteiger partial charge in [0.05, 0.1) is 11.1 Å². The Kier molecular flexibility index (Phi) is 7.46. The first-order valence-electron chi connectivity index (χ1n) is 10.1. The van der Waals surface area contributed by atoms with Crippen LogP contribution in [0, 0.1) is 6.92 Å². The minimum Gasteiger partial charge on any atom is -0.484 e. The number of aryl methyl sites for hydroxylation is 1. The van der Waals surface area contributed by atoms with Crippen LogP contribution < -0.4 is 14.9 Å². The Labute approximate surface area is 177 Å². The van der Waals surface area contributed by atoms with Crippen molar-refractivity contribution in [3.63, 3.8) is 0 Å². The van der Waals surface area contributed by atoms with Gasteiger partial charge in [-0.2, -0.15) is 13.5 Å². The average Bonchev–Trinajstić information content (AvgIpc) is 2.74. The van der Waals surface area contributed by atoms with Crippen LogP contribution in [0.4, 0.5) is 0 Å². The summed E-state index contributed by atoms with van der Waals surface area (Å²) >= 11 is 0. The topological polar surface area (TPSA) is 96.9 Å². The highest BCUT2D eigenvalue weighted by Crippen LogP contribution is 2.17. The Morgan fingerprint density at radius 2 is 1.73 bits per heavy atom. The Hall–Kier alpha value is -2.87. The lowest BCUT2D eigenvalue weighted by Gasteiger charge is -2.22. The van der Waals surface area contributed by atoms with Gasteiger partial charge in [0, 0.05) is 6.04 Å². The fourth-order valence-electron chi connectivity index (χ4n) is 3.26. The van der Waals surface area contributed by atoms with Crippen molar-refractivity contribution in [1.82, 2.24) is 10.1 Å². The van der Waals surface area contributed by atoms with Crippen molar-refractivity contribution in [2.75, 3.05) is 6.61 Å². The molecule has 0 atom stereocenters. The number of nitrogens with one attached hydrogen (secondary N) is 2. The summed E-state index contributed by atoms with van der Waals surface area (Å²) < 4.78 is 29.9. The summed E-state index contributed by atoms with van der Waals surface area (Å²) in [5.41, 5.74) is 1.67. The maximum atomic E-state index is 12.2. The van der Waals surface area contributed by atoms with E-state index in [1.54, 1.807) is 36.4 Å². The molecule has 1 aliphatic carbocycles. The highest BCUT2D eigenvalue weighted by Gasteiger charge is 2.16. The van der Waals surface area contributed by atoms with Crippen molar-refractivity contribution in [2.45, 2.75) is 50.0 Å². The van der Waals surface area contributed by atoms with E-state index in [2.05, 4.69) is 15.2 Å². The normalized spacial score (nSPS) is 15.1. The number of hydrazone groups is 1. The van der Waals surface area contributed by atoms with Gasteiger partial charge < -0.3 is 10.1 Å². The Morgan fingerprint density at radius 3 is 2.40 bits per heavy atom. The second kappa shape index (κ2) is 10.2. The highest BCUT2D eigenvalue weighted by atomic mass is 32.2. The van der Waals surface area contributed by atoms with Crippen LogP contribution in [0.1, 0.15) is 43.2 Å². The lowest BCUT2D eigenvalue weighted by molar-refractivity contribution is -0.124. The zero-order valence-corrected chi connectivity index (χ0v) is 17.8. The molecule has 1 aliphatic rings. The molecular formula is C22H27N3O4S. The van der Waals surface area contributed by atoms with Crippen LogP contribution in [-0.4, -0.2) is 33.2 Å². The van der Waals surface area contributed by atoms with Crippen LogP contribution in [0.3, 0.4) is 0 Å². The zero-order chi connectivity index (χ0) is 21.4. The Bertz CT molecular complexity index is 964. The first-order chi connectivity index (χ1) is 14.4. The van der Waals surface area contributed by atoms with Gasteiger partial charge in [0.25, 0.3) is 15.9 Å². The van der Waals surface area contributed by atoms with Gasteiger partial charge in [0.1, 0.15) is 5.75 Å². The van der Waals surface area contributed by atoms with Crippen molar-refractivity contribution in [1.29, 1.82) is 0 Å². The van der Waals surface area contributed by atoms with E-state index in [0.717, 1.165) is 31.2 Å². The predicted octanol–water partition coefficient (Wildman–Crippen LogP) is 3.14. The molecule has 0 aromatic heterocycles. The number of carbonyl (C=O) groups is 1. The maximum Gasteiger partial charge on any atom is 0.276 e. The molecule has 30 heavy (non-hydrogen) atoms. The van der Waals surface area contributed by atoms with E-state index in [0.29, 0.717) is 11.3 Å². The Balaban J connectivity index is 1.46. The second-order valence-corrected chi connectivity index (χ2v) is 9.09. The second-order valence-electron chi connectivity index (χ2n) is 7.43. The summed E-state index contributed by atoms with van der Waals surface area (Å²) in [5.74, 6) is 0.448. The van der Waals surface area contributed by atoms with Gasteiger partial charge in [-0.25, -0.2) is 4.83 Å². The molecule has 0 aliphatic heterocycles.